The molecule has 0 spiro atoms. The molecule has 6 heteroatoms. The first-order valence-electron chi connectivity index (χ1n) is 11.4. The van der Waals surface area contributed by atoms with Crippen molar-refractivity contribution >= 4 is 5.91 Å². The lowest BCUT2D eigenvalue weighted by molar-refractivity contribution is -0.123. The number of hydrogen-bond donors (Lipinski definition) is 3. The molecule has 1 saturated heterocycles. The number of ether oxygens (including phenoxy) is 1. The maximum absolute atomic E-state index is 12.3. The van der Waals surface area contributed by atoms with Crippen molar-refractivity contribution in [2.45, 2.75) is 37.8 Å². The number of aliphatic hydroxyl groups excluding tert-OH is 1. The molecule has 2 aromatic rings. The molecular formula is C25H33N3O3. The SMILES string of the molecule is O=C(COc1ccccc1[C@@H]1CCCNC1)NC[C@@H](O)CN1CCc2ccccc2C1. The Morgan fingerprint density at radius 3 is 2.84 bits per heavy atom. The minimum atomic E-state index is -0.602. The summed E-state index contributed by atoms with van der Waals surface area (Å²) in [6.45, 7) is 4.52. The minimum Gasteiger partial charge on any atom is -0.483 e. The van der Waals surface area contributed by atoms with Gasteiger partial charge >= 0.3 is 0 Å². The average Bonchev–Trinajstić information content (AvgIpc) is 2.82. The topological polar surface area (TPSA) is 73.8 Å². The number of nitrogens with zero attached hydrogens (tertiary/aromatic N) is 1. The van der Waals surface area contributed by atoms with E-state index in [2.05, 4.69) is 45.9 Å². The van der Waals surface area contributed by atoms with Crippen molar-refractivity contribution in [3.05, 3.63) is 65.2 Å². The summed E-state index contributed by atoms with van der Waals surface area (Å²) in [6.07, 6.45) is 2.68. The highest BCUT2D eigenvalue weighted by molar-refractivity contribution is 5.77. The van der Waals surface area contributed by atoms with E-state index in [1.54, 1.807) is 0 Å². The van der Waals surface area contributed by atoms with E-state index >= 15 is 0 Å². The van der Waals surface area contributed by atoms with Crippen molar-refractivity contribution in [2.75, 3.05) is 39.3 Å². The second-order valence-corrected chi connectivity index (χ2v) is 8.58. The van der Waals surface area contributed by atoms with Crippen LogP contribution in [0.5, 0.6) is 5.75 Å². The lowest BCUT2D eigenvalue weighted by atomic mass is 9.91. The fourth-order valence-corrected chi connectivity index (χ4v) is 4.57. The molecule has 2 atom stereocenters. The molecule has 0 aromatic heterocycles. The number of aliphatic hydroxyl groups is 1. The van der Waals surface area contributed by atoms with E-state index in [1.165, 1.54) is 11.1 Å². The largest absolute Gasteiger partial charge is 0.483 e. The first-order valence-corrected chi connectivity index (χ1v) is 11.4. The fraction of sp³-hybridized carbons (Fsp3) is 0.480. The molecule has 0 aliphatic carbocycles. The number of β-amino-alcohol motifs (C(OH)–C–C–N with tert-alkyl or cyclic N) is 1. The van der Waals surface area contributed by atoms with Gasteiger partial charge in [0.15, 0.2) is 6.61 Å². The number of carbonyl (C=O) groups is 1. The Morgan fingerprint density at radius 2 is 2.00 bits per heavy atom. The molecule has 2 aliphatic rings. The number of rotatable bonds is 8. The van der Waals surface area contributed by atoms with Crippen LogP contribution in [0.1, 0.15) is 35.4 Å². The molecule has 4 rings (SSSR count). The molecule has 0 saturated carbocycles. The van der Waals surface area contributed by atoms with E-state index in [4.69, 9.17) is 4.74 Å². The standard InChI is InChI=1S/C25H33N3O3/c29-22(17-28-13-11-19-6-1-2-7-21(19)16-28)15-27-25(30)18-31-24-10-4-3-9-23(24)20-8-5-12-26-14-20/h1-4,6-7,9-10,20,22,26,29H,5,8,11-18H2,(H,27,30)/t20-,22-/m1/s1. The molecule has 0 radical (unpaired) electrons. The third-order valence-corrected chi connectivity index (χ3v) is 6.23. The fourth-order valence-electron chi connectivity index (χ4n) is 4.57. The molecule has 2 aliphatic heterocycles. The molecule has 3 N–H and O–H groups in total. The molecule has 2 aromatic carbocycles. The van der Waals surface area contributed by atoms with Crippen molar-refractivity contribution < 1.29 is 14.6 Å². The van der Waals surface area contributed by atoms with Gasteiger partial charge in [0.1, 0.15) is 5.75 Å². The van der Waals surface area contributed by atoms with Crippen molar-refractivity contribution in [1.82, 2.24) is 15.5 Å². The number of piperidine rings is 1. The molecule has 166 valence electrons. The molecule has 1 amide bonds. The van der Waals surface area contributed by atoms with Crippen LogP contribution in [-0.2, 0) is 17.8 Å². The Hall–Kier alpha value is -2.41. The molecule has 31 heavy (non-hydrogen) atoms. The molecule has 0 bridgehead atoms. The number of benzene rings is 2. The number of para-hydroxylation sites is 1. The highest BCUT2D eigenvalue weighted by atomic mass is 16.5. The van der Waals surface area contributed by atoms with Gasteiger partial charge in [-0.25, -0.2) is 0 Å². The minimum absolute atomic E-state index is 0.0407. The zero-order chi connectivity index (χ0) is 21.5. The van der Waals surface area contributed by atoms with Gasteiger partial charge in [-0.2, -0.15) is 0 Å². The molecule has 0 unspecified atom stereocenters. The summed E-state index contributed by atoms with van der Waals surface area (Å²) >= 11 is 0. The maximum Gasteiger partial charge on any atom is 0.258 e. The maximum atomic E-state index is 12.3. The lowest BCUT2D eigenvalue weighted by Crippen LogP contribution is -2.42. The molecular weight excluding hydrogens is 390 g/mol. The van der Waals surface area contributed by atoms with Crippen LogP contribution in [-0.4, -0.2) is 61.3 Å². The van der Waals surface area contributed by atoms with Gasteiger partial charge in [0, 0.05) is 38.6 Å². The first kappa shape index (κ1) is 21.8. The monoisotopic (exact) mass is 423 g/mol. The van der Waals surface area contributed by atoms with Gasteiger partial charge in [-0.3, -0.25) is 9.69 Å². The van der Waals surface area contributed by atoms with Crippen LogP contribution >= 0.6 is 0 Å². The second kappa shape index (κ2) is 10.8. The Bertz CT molecular complexity index is 867. The van der Waals surface area contributed by atoms with Crippen molar-refractivity contribution in [3.63, 3.8) is 0 Å². The van der Waals surface area contributed by atoms with Gasteiger partial charge < -0.3 is 20.5 Å². The van der Waals surface area contributed by atoms with E-state index in [1.807, 2.05) is 18.2 Å². The second-order valence-electron chi connectivity index (χ2n) is 8.58. The summed E-state index contributed by atoms with van der Waals surface area (Å²) in [5.74, 6) is 0.989. The predicted molar refractivity (Wildman–Crippen MR) is 121 cm³/mol. The molecule has 6 nitrogen and oxygen atoms in total. The van der Waals surface area contributed by atoms with Gasteiger partial charge in [0.25, 0.3) is 5.91 Å². The summed E-state index contributed by atoms with van der Waals surface area (Å²) in [4.78, 5) is 14.5. The van der Waals surface area contributed by atoms with Crippen LogP contribution in [0.25, 0.3) is 0 Å². The van der Waals surface area contributed by atoms with E-state index in [9.17, 15) is 9.90 Å². The van der Waals surface area contributed by atoms with Crippen molar-refractivity contribution in [1.29, 1.82) is 0 Å². The summed E-state index contributed by atoms with van der Waals surface area (Å²) < 4.78 is 5.84. The van der Waals surface area contributed by atoms with Gasteiger partial charge in [-0.1, -0.05) is 42.5 Å². The predicted octanol–water partition coefficient (Wildman–Crippen LogP) is 2.07. The number of carbonyl (C=O) groups excluding carboxylic acids is 1. The van der Waals surface area contributed by atoms with Crippen LogP contribution < -0.4 is 15.4 Å². The van der Waals surface area contributed by atoms with Crippen molar-refractivity contribution in [3.8, 4) is 5.75 Å². The number of fused-ring (bicyclic) bond motifs is 1. The zero-order valence-electron chi connectivity index (χ0n) is 18.1. The highest BCUT2D eigenvalue weighted by Gasteiger charge is 2.20. The highest BCUT2D eigenvalue weighted by Crippen LogP contribution is 2.30. The zero-order valence-corrected chi connectivity index (χ0v) is 18.1. The van der Waals surface area contributed by atoms with Crippen LogP contribution in [0.3, 0.4) is 0 Å². The van der Waals surface area contributed by atoms with Crippen LogP contribution in [0, 0.1) is 0 Å². The van der Waals surface area contributed by atoms with E-state index in [0.717, 1.165) is 56.8 Å². The van der Waals surface area contributed by atoms with Crippen LogP contribution in [0.2, 0.25) is 0 Å². The first-order chi connectivity index (χ1) is 15.2. The normalized spacial score (nSPS) is 20.0. The van der Waals surface area contributed by atoms with Crippen LogP contribution in [0.15, 0.2) is 48.5 Å². The summed E-state index contributed by atoms with van der Waals surface area (Å²) in [5, 5.41) is 16.6. The lowest BCUT2D eigenvalue weighted by Gasteiger charge is -2.30. The van der Waals surface area contributed by atoms with Gasteiger partial charge in [-0.15, -0.1) is 0 Å². The third kappa shape index (κ3) is 6.06. The number of nitrogens with one attached hydrogen (secondary N) is 2. The Kier molecular flexibility index (Phi) is 7.57. The summed E-state index contributed by atoms with van der Waals surface area (Å²) in [6, 6.07) is 16.4. The van der Waals surface area contributed by atoms with Gasteiger partial charge in [0.2, 0.25) is 0 Å². The quantitative estimate of drug-likeness (QED) is 0.606. The van der Waals surface area contributed by atoms with Gasteiger partial charge in [-0.05, 0) is 48.6 Å². The molecule has 2 heterocycles. The van der Waals surface area contributed by atoms with Crippen molar-refractivity contribution in [2.24, 2.45) is 0 Å². The molecule has 1 fully saturated rings. The Balaban J connectivity index is 1.20. The average molecular weight is 424 g/mol. The third-order valence-electron chi connectivity index (χ3n) is 6.23. The van der Waals surface area contributed by atoms with Crippen LogP contribution in [0.4, 0.5) is 0 Å². The Labute approximate surface area is 184 Å². The van der Waals surface area contributed by atoms with Gasteiger partial charge in [0.05, 0.1) is 6.10 Å². The summed E-state index contributed by atoms with van der Waals surface area (Å²) in [7, 11) is 0. The van der Waals surface area contributed by atoms with E-state index < -0.39 is 6.10 Å². The summed E-state index contributed by atoms with van der Waals surface area (Å²) in [5.41, 5.74) is 3.88. The van der Waals surface area contributed by atoms with E-state index in [0.29, 0.717) is 12.5 Å². The number of amides is 1. The Morgan fingerprint density at radius 1 is 1.19 bits per heavy atom. The number of hydrogen-bond acceptors (Lipinski definition) is 5. The smallest absolute Gasteiger partial charge is 0.258 e. The van der Waals surface area contributed by atoms with E-state index in [-0.39, 0.29) is 19.1 Å².